The maximum atomic E-state index is 10.2. The molecular weight excluding hydrogens is 224 g/mol. The highest BCUT2D eigenvalue weighted by molar-refractivity contribution is 5.91. The number of hydrogen-bond acceptors (Lipinski definition) is 2. The zero-order valence-corrected chi connectivity index (χ0v) is 10.2. The smallest absolute Gasteiger partial charge is 0.126 e. The van der Waals surface area contributed by atoms with Crippen LogP contribution in [0.25, 0.3) is 10.8 Å². The Morgan fingerprint density at radius 2 is 1.61 bits per heavy atom. The van der Waals surface area contributed by atoms with Gasteiger partial charge in [0.25, 0.3) is 0 Å². The molecule has 0 fully saturated rings. The normalized spacial score (nSPS) is 10.4. The molecule has 2 aromatic rings. The van der Waals surface area contributed by atoms with Gasteiger partial charge >= 0.3 is 0 Å². The van der Waals surface area contributed by atoms with Crippen LogP contribution in [0.1, 0.15) is 11.1 Å². The lowest BCUT2D eigenvalue weighted by Gasteiger charge is -2.09. The molecule has 18 heavy (non-hydrogen) atoms. The zero-order chi connectivity index (χ0) is 13.1. The summed E-state index contributed by atoms with van der Waals surface area (Å²) in [4.78, 5) is 0. The molecule has 0 heterocycles. The van der Waals surface area contributed by atoms with Crippen molar-refractivity contribution in [1.82, 2.24) is 0 Å². The highest BCUT2D eigenvalue weighted by Crippen LogP contribution is 2.33. The summed E-state index contributed by atoms with van der Waals surface area (Å²) in [5, 5.41) is 21.6. The third-order valence-electron chi connectivity index (χ3n) is 3.00. The summed E-state index contributed by atoms with van der Waals surface area (Å²) >= 11 is 0. The van der Waals surface area contributed by atoms with Gasteiger partial charge in [-0.25, -0.2) is 0 Å². The Morgan fingerprint density at radius 3 is 2.28 bits per heavy atom. The molecule has 0 saturated heterocycles. The summed E-state index contributed by atoms with van der Waals surface area (Å²) < 4.78 is 0. The van der Waals surface area contributed by atoms with Crippen molar-refractivity contribution in [3.05, 3.63) is 60.7 Å². The van der Waals surface area contributed by atoms with Gasteiger partial charge in [0.15, 0.2) is 0 Å². The minimum Gasteiger partial charge on any atom is -0.508 e. The van der Waals surface area contributed by atoms with Crippen molar-refractivity contribution in [3.63, 3.8) is 0 Å². The molecule has 2 nitrogen and oxygen atoms in total. The number of phenols is 2. The molecule has 0 saturated carbocycles. The topological polar surface area (TPSA) is 40.5 Å². The van der Waals surface area contributed by atoms with Crippen LogP contribution in [0.4, 0.5) is 0 Å². The zero-order valence-electron chi connectivity index (χ0n) is 10.2. The maximum absolute atomic E-state index is 10.2. The van der Waals surface area contributed by atoms with Crippen LogP contribution in [0.15, 0.2) is 49.6 Å². The predicted molar refractivity (Wildman–Crippen MR) is 75.1 cm³/mol. The molecule has 2 rings (SSSR count). The van der Waals surface area contributed by atoms with Gasteiger partial charge in [-0.05, 0) is 41.5 Å². The second-order valence-electron chi connectivity index (χ2n) is 4.26. The van der Waals surface area contributed by atoms with Gasteiger partial charge in [-0.1, -0.05) is 24.3 Å². The average Bonchev–Trinajstić information content (AvgIpc) is 2.35. The van der Waals surface area contributed by atoms with E-state index in [1.807, 2.05) is 18.2 Å². The second-order valence-corrected chi connectivity index (χ2v) is 4.26. The summed E-state index contributed by atoms with van der Waals surface area (Å²) in [6, 6.07) is 7.23. The molecule has 0 aliphatic rings. The Labute approximate surface area is 107 Å². The standard InChI is InChI=1S/C16H16O2/c1-3-5-11-7-8-12-10-15(17)13(6-4-2)9-14(12)16(11)18/h3-4,7-10,17-18H,1-2,5-6H2. The number of allylic oxidation sites excluding steroid dienone is 2. The fraction of sp³-hybridized carbons (Fsp3) is 0.125. The third kappa shape index (κ3) is 2.09. The molecule has 0 radical (unpaired) electrons. The van der Waals surface area contributed by atoms with Gasteiger partial charge in [0.2, 0.25) is 0 Å². The van der Waals surface area contributed by atoms with E-state index in [0.29, 0.717) is 12.8 Å². The van der Waals surface area contributed by atoms with Gasteiger partial charge in [-0.15, -0.1) is 13.2 Å². The van der Waals surface area contributed by atoms with Crippen LogP contribution in [-0.2, 0) is 12.8 Å². The average molecular weight is 240 g/mol. The Bertz CT molecular complexity index is 612. The minimum absolute atomic E-state index is 0.235. The molecule has 2 N–H and O–H groups in total. The van der Waals surface area contributed by atoms with E-state index in [0.717, 1.165) is 21.9 Å². The fourth-order valence-corrected chi connectivity index (χ4v) is 2.07. The molecule has 0 amide bonds. The van der Waals surface area contributed by atoms with Crippen molar-refractivity contribution in [2.45, 2.75) is 12.8 Å². The van der Waals surface area contributed by atoms with Gasteiger partial charge in [-0.3, -0.25) is 0 Å². The van der Waals surface area contributed by atoms with Crippen molar-refractivity contribution < 1.29 is 10.2 Å². The van der Waals surface area contributed by atoms with E-state index in [1.165, 1.54) is 0 Å². The van der Waals surface area contributed by atoms with Gasteiger partial charge in [0, 0.05) is 5.39 Å². The van der Waals surface area contributed by atoms with Crippen LogP contribution >= 0.6 is 0 Å². The molecule has 0 aliphatic carbocycles. The highest BCUT2D eigenvalue weighted by Gasteiger charge is 2.09. The Kier molecular flexibility index (Phi) is 3.38. The number of phenolic OH excluding ortho intramolecular Hbond substituents is 2. The van der Waals surface area contributed by atoms with E-state index in [2.05, 4.69) is 13.2 Å². The highest BCUT2D eigenvalue weighted by atomic mass is 16.3. The van der Waals surface area contributed by atoms with Gasteiger partial charge in [-0.2, -0.15) is 0 Å². The van der Waals surface area contributed by atoms with E-state index in [1.54, 1.807) is 18.2 Å². The van der Waals surface area contributed by atoms with Crippen LogP contribution in [-0.4, -0.2) is 10.2 Å². The van der Waals surface area contributed by atoms with Crippen LogP contribution in [0, 0.1) is 0 Å². The largest absolute Gasteiger partial charge is 0.508 e. The van der Waals surface area contributed by atoms with Gasteiger partial charge in [0.1, 0.15) is 11.5 Å². The first-order valence-electron chi connectivity index (χ1n) is 5.85. The second kappa shape index (κ2) is 4.96. The van der Waals surface area contributed by atoms with Crippen LogP contribution < -0.4 is 0 Å². The number of benzene rings is 2. The Balaban J connectivity index is 2.67. The molecule has 2 aromatic carbocycles. The lowest BCUT2D eigenvalue weighted by molar-refractivity contribution is 0.469. The van der Waals surface area contributed by atoms with Crippen molar-refractivity contribution in [1.29, 1.82) is 0 Å². The molecule has 0 bridgehead atoms. The monoisotopic (exact) mass is 240 g/mol. The summed E-state index contributed by atoms with van der Waals surface area (Å²) in [5.41, 5.74) is 1.61. The van der Waals surface area contributed by atoms with Gasteiger partial charge in [0.05, 0.1) is 0 Å². The lowest BCUT2D eigenvalue weighted by Crippen LogP contribution is -1.88. The maximum Gasteiger partial charge on any atom is 0.126 e. The van der Waals surface area contributed by atoms with Crippen molar-refractivity contribution in [2.75, 3.05) is 0 Å². The summed E-state index contributed by atoms with van der Waals surface area (Å²) in [7, 11) is 0. The molecule has 0 aliphatic heterocycles. The van der Waals surface area contributed by atoms with Crippen molar-refractivity contribution in [2.24, 2.45) is 0 Å². The van der Waals surface area contributed by atoms with Crippen molar-refractivity contribution in [3.8, 4) is 11.5 Å². The first kappa shape index (κ1) is 12.2. The number of fused-ring (bicyclic) bond motifs is 1. The molecule has 0 aromatic heterocycles. The number of hydrogen-bond donors (Lipinski definition) is 2. The van der Waals surface area contributed by atoms with Gasteiger partial charge < -0.3 is 10.2 Å². The first-order valence-corrected chi connectivity index (χ1v) is 5.85. The molecule has 0 atom stereocenters. The number of rotatable bonds is 4. The lowest BCUT2D eigenvalue weighted by atomic mass is 9.99. The van der Waals surface area contributed by atoms with Crippen LogP contribution in [0.2, 0.25) is 0 Å². The van der Waals surface area contributed by atoms with E-state index < -0.39 is 0 Å². The van der Waals surface area contributed by atoms with E-state index in [9.17, 15) is 10.2 Å². The van der Waals surface area contributed by atoms with E-state index in [4.69, 9.17) is 0 Å². The molecule has 0 unspecified atom stereocenters. The molecule has 92 valence electrons. The van der Waals surface area contributed by atoms with Crippen LogP contribution in [0.5, 0.6) is 11.5 Å². The predicted octanol–water partition coefficient (Wildman–Crippen LogP) is 3.71. The number of aromatic hydroxyl groups is 2. The SMILES string of the molecule is C=CCc1cc2c(O)c(CC=C)ccc2cc1O. The van der Waals surface area contributed by atoms with E-state index in [-0.39, 0.29) is 11.5 Å². The van der Waals surface area contributed by atoms with E-state index >= 15 is 0 Å². The minimum atomic E-state index is 0.235. The first-order chi connectivity index (χ1) is 8.67. The van der Waals surface area contributed by atoms with Crippen LogP contribution in [0.3, 0.4) is 0 Å². The summed E-state index contributed by atoms with van der Waals surface area (Å²) in [5.74, 6) is 0.496. The summed E-state index contributed by atoms with van der Waals surface area (Å²) in [6.45, 7) is 7.33. The Hall–Kier alpha value is -2.22. The molecule has 0 spiro atoms. The molecule has 2 heteroatoms. The Morgan fingerprint density at radius 1 is 0.944 bits per heavy atom. The molecular formula is C16H16O2. The third-order valence-corrected chi connectivity index (χ3v) is 3.00. The fourth-order valence-electron chi connectivity index (χ4n) is 2.07. The van der Waals surface area contributed by atoms with Crippen molar-refractivity contribution >= 4 is 10.8 Å². The quantitative estimate of drug-likeness (QED) is 0.800. The summed E-state index contributed by atoms with van der Waals surface area (Å²) in [6.07, 6.45) is 4.68.